The Hall–Kier alpha value is -0.820. The fourth-order valence-electron chi connectivity index (χ4n) is 2.76. The molecule has 0 aliphatic carbocycles. The first-order chi connectivity index (χ1) is 10.3. The summed E-state index contributed by atoms with van der Waals surface area (Å²) in [6.07, 6.45) is 4.59. The van der Waals surface area contributed by atoms with E-state index < -0.39 is 0 Å². The maximum atomic E-state index is 5.07. The standard InChI is InChI=1S/C17H27N3O.HI/c1-18-17(19-11-6-3-7-13-21-2)20-12-10-15-8-4-5-9-16(15)14-20;/h4-5,8-9H,3,6-7,10-14H2,1-2H3,(H,18,19);1H. The van der Waals surface area contributed by atoms with Crippen LogP contribution in [-0.4, -0.2) is 44.7 Å². The molecule has 1 N–H and O–H groups in total. The van der Waals surface area contributed by atoms with E-state index >= 15 is 0 Å². The van der Waals surface area contributed by atoms with E-state index in [1.54, 1.807) is 7.11 Å². The molecule has 0 spiro atoms. The van der Waals surface area contributed by atoms with Gasteiger partial charge in [-0.05, 0) is 36.8 Å². The third kappa shape index (κ3) is 5.76. The Balaban J connectivity index is 0.00000242. The average molecular weight is 417 g/mol. The first-order valence-electron chi connectivity index (χ1n) is 7.86. The largest absolute Gasteiger partial charge is 0.385 e. The lowest BCUT2D eigenvalue weighted by atomic mass is 10.0. The highest BCUT2D eigenvalue weighted by atomic mass is 127. The molecular weight excluding hydrogens is 389 g/mol. The van der Waals surface area contributed by atoms with Crippen LogP contribution in [0.3, 0.4) is 0 Å². The number of guanidine groups is 1. The Morgan fingerprint density at radius 3 is 2.73 bits per heavy atom. The highest BCUT2D eigenvalue weighted by Crippen LogP contribution is 2.18. The quantitative estimate of drug-likeness (QED) is 0.335. The maximum absolute atomic E-state index is 5.07. The fourth-order valence-corrected chi connectivity index (χ4v) is 2.76. The van der Waals surface area contributed by atoms with Gasteiger partial charge in [-0.3, -0.25) is 4.99 Å². The number of ether oxygens (including phenoxy) is 1. The highest BCUT2D eigenvalue weighted by molar-refractivity contribution is 14.0. The van der Waals surface area contributed by atoms with E-state index in [9.17, 15) is 0 Å². The van der Waals surface area contributed by atoms with Crippen LogP contribution in [0, 0.1) is 0 Å². The molecule has 0 saturated heterocycles. The number of fused-ring (bicyclic) bond motifs is 1. The lowest BCUT2D eigenvalue weighted by molar-refractivity contribution is 0.192. The molecule has 0 unspecified atom stereocenters. The summed E-state index contributed by atoms with van der Waals surface area (Å²) in [7, 11) is 3.63. The number of hydrogen-bond donors (Lipinski definition) is 1. The molecular formula is C17H28IN3O. The van der Waals surface area contributed by atoms with Crippen LogP contribution in [0.15, 0.2) is 29.3 Å². The number of hydrogen-bond acceptors (Lipinski definition) is 2. The summed E-state index contributed by atoms with van der Waals surface area (Å²) < 4.78 is 5.07. The topological polar surface area (TPSA) is 36.9 Å². The Morgan fingerprint density at radius 2 is 2.00 bits per heavy atom. The molecule has 0 saturated carbocycles. The van der Waals surface area contributed by atoms with Crippen molar-refractivity contribution in [1.82, 2.24) is 10.2 Å². The highest BCUT2D eigenvalue weighted by Gasteiger charge is 2.18. The summed E-state index contributed by atoms with van der Waals surface area (Å²) in [6, 6.07) is 8.70. The van der Waals surface area contributed by atoms with Crippen molar-refractivity contribution < 1.29 is 4.74 Å². The van der Waals surface area contributed by atoms with Crippen molar-refractivity contribution in [3.8, 4) is 0 Å². The predicted octanol–water partition coefficient (Wildman–Crippen LogP) is 3.05. The molecule has 0 atom stereocenters. The third-order valence-corrected chi connectivity index (χ3v) is 3.95. The number of nitrogens with zero attached hydrogens (tertiary/aromatic N) is 2. The van der Waals surface area contributed by atoms with Crippen LogP contribution in [-0.2, 0) is 17.7 Å². The van der Waals surface area contributed by atoms with Crippen molar-refractivity contribution >= 4 is 29.9 Å². The molecule has 0 bridgehead atoms. The summed E-state index contributed by atoms with van der Waals surface area (Å²) in [4.78, 5) is 6.77. The molecule has 22 heavy (non-hydrogen) atoms. The molecule has 1 aliphatic rings. The van der Waals surface area contributed by atoms with Gasteiger partial charge in [-0.1, -0.05) is 24.3 Å². The van der Waals surface area contributed by atoms with Gasteiger partial charge in [-0.2, -0.15) is 0 Å². The second kappa shape index (κ2) is 10.8. The van der Waals surface area contributed by atoms with Gasteiger partial charge < -0.3 is 15.0 Å². The molecule has 1 aliphatic heterocycles. The van der Waals surface area contributed by atoms with Gasteiger partial charge in [0.05, 0.1) is 0 Å². The Labute approximate surface area is 151 Å². The van der Waals surface area contributed by atoms with Gasteiger partial charge in [0, 0.05) is 40.4 Å². The van der Waals surface area contributed by atoms with E-state index in [2.05, 4.69) is 39.5 Å². The van der Waals surface area contributed by atoms with E-state index in [0.717, 1.165) is 51.5 Å². The minimum Gasteiger partial charge on any atom is -0.385 e. The van der Waals surface area contributed by atoms with E-state index in [1.807, 2.05) is 7.05 Å². The Kier molecular flexibility index (Phi) is 9.47. The second-order valence-corrected chi connectivity index (χ2v) is 5.47. The zero-order valence-electron chi connectivity index (χ0n) is 13.7. The van der Waals surface area contributed by atoms with Crippen molar-refractivity contribution in [3.05, 3.63) is 35.4 Å². The van der Waals surface area contributed by atoms with E-state index in [4.69, 9.17) is 4.74 Å². The van der Waals surface area contributed by atoms with E-state index in [0.29, 0.717) is 0 Å². The van der Waals surface area contributed by atoms with Gasteiger partial charge in [-0.25, -0.2) is 0 Å². The van der Waals surface area contributed by atoms with E-state index in [1.165, 1.54) is 17.5 Å². The molecule has 0 amide bonds. The van der Waals surface area contributed by atoms with Crippen molar-refractivity contribution in [2.45, 2.75) is 32.2 Å². The lowest BCUT2D eigenvalue weighted by Crippen LogP contribution is -2.44. The smallest absolute Gasteiger partial charge is 0.193 e. The normalized spacial score (nSPS) is 14.3. The van der Waals surface area contributed by atoms with Gasteiger partial charge in [0.1, 0.15) is 0 Å². The summed E-state index contributed by atoms with van der Waals surface area (Å²) in [6.45, 7) is 3.84. The lowest BCUT2D eigenvalue weighted by Gasteiger charge is -2.31. The maximum Gasteiger partial charge on any atom is 0.193 e. The zero-order valence-corrected chi connectivity index (χ0v) is 16.0. The van der Waals surface area contributed by atoms with Crippen molar-refractivity contribution in [1.29, 1.82) is 0 Å². The third-order valence-electron chi connectivity index (χ3n) is 3.95. The molecule has 0 fully saturated rings. The van der Waals surface area contributed by atoms with Crippen molar-refractivity contribution in [2.75, 3.05) is 33.9 Å². The first kappa shape index (κ1) is 19.2. The Morgan fingerprint density at radius 1 is 1.23 bits per heavy atom. The van der Waals surface area contributed by atoms with Crippen LogP contribution in [0.4, 0.5) is 0 Å². The average Bonchev–Trinajstić information content (AvgIpc) is 2.54. The number of aliphatic imine (C=N–C) groups is 1. The molecule has 1 heterocycles. The summed E-state index contributed by atoms with van der Waals surface area (Å²) in [5.74, 6) is 1.02. The minimum absolute atomic E-state index is 0. The van der Waals surface area contributed by atoms with Crippen molar-refractivity contribution in [2.24, 2.45) is 4.99 Å². The van der Waals surface area contributed by atoms with Crippen LogP contribution in [0.5, 0.6) is 0 Å². The number of benzene rings is 1. The monoisotopic (exact) mass is 417 g/mol. The van der Waals surface area contributed by atoms with Crippen LogP contribution in [0.1, 0.15) is 30.4 Å². The molecule has 124 valence electrons. The SMILES string of the molecule is CN=C(NCCCCCOC)N1CCc2ccccc2C1.I. The number of rotatable bonds is 6. The van der Waals surface area contributed by atoms with Gasteiger partial charge in [-0.15, -0.1) is 24.0 Å². The number of halogens is 1. The summed E-state index contributed by atoms with van der Waals surface area (Å²) in [5, 5.41) is 3.48. The van der Waals surface area contributed by atoms with Crippen LogP contribution in [0.2, 0.25) is 0 Å². The molecule has 4 nitrogen and oxygen atoms in total. The van der Waals surface area contributed by atoms with E-state index in [-0.39, 0.29) is 24.0 Å². The summed E-state index contributed by atoms with van der Waals surface area (Å²) in [5.41, 5.74) is 2.90. The molecule has 5 heteroatoms. The summed E-state index contributed by atoms with van der Waals surface area (Å²) >= 11 is 0. The molecule has 1 aromatic carbocycles. The minimum atomic E-state index is 0. The number of methoxy groups -OCH3 is 1. The van der Waals surface area contributed by atoms with Crippen LogP contribution < -0.4 is 5.32 Å². The second-order valence-electron chi connectivity index (χ2n) is 5.47. The van der Waals surface area contributed by atoms with Gasteiger partial charge >= 0.3 is 0 Å². The molecule has 0 radical (unpaired) electrons. The number of nitrogens with one attached hydrogen (secondary N) is 1. The number of unbranched alkanes of at least 4 members (excludes halogenated alkanes) is 2. The zero-order chi connectivity index (χ0) is 14.9. The molecule has 0 aromatic heterocycles. The van der Waals surface area contributed by atoms with Crippen molar-refractivity contribution in [3.63, 3.8) is 0 Å². The molecule has 1 aromatic rings. The van der Waals surface area contributed by atoms with Crippen LogP contribution >= 0.6 is 24.0 Å². The fraction of sp³-hybridized carbons (Fsp3) is 0.588. The van der Waals surface area contributed by atoms with Gasteiger partial charge in [0.15, 0.2) is 5.96 Å². The van der Waals surface area contributed by atoms with Gasteiger partial charge in [0.2, 0.25) is 0 Å². The predicted molar refractivity (Wildman–Crippen MR) is 103 cm³/mol. The molecule has 2 rings (SSSR count). The van der Waals surface area contributed by atoms with Gasteiger partial charge in [0.25, 0.3) is 0 Å². The van der Waals surface area contributed by atoms with Crippen LogP contribution in [0.25, 0.3) is 0 Å². The first-order valence-corrected chi connectivity index (χ1v) is 7.86. The Bertz CT molecular complexity index is 465.